The van der Waals surface area contributed by atoms with E-state index < -0.39 is 5.69 Å². The predicted octanol–water partition coefficient (Wildman–Crippen LogP) is 1.35. The van der Waals surface area contributed by atoms with E-state index in [0.29, 0.717) is 25.2 Å². The monoisotopic (exact) mass is 316 g/mol. The molecule has 0 fully saturated rings. The number of nitrogens with zero attached hydrogens (tertiary/aromatic N) is 1. The van der Waals surface area contributed by atoms with Crippen LogP contribution in [0.15, 0.2) is 39.9 Å². The third kappa shape index (κ3) is 3.60. The number of benzene rings is 1. The first-order valence-corrected chi connectivity index (χ1v) is 7.71. The van der Waals surface area contributed by atoms with Crippen molar-refractivity contribution in [2.45, 2.75) is 39.2 Å². The highest BCUT2D eigenvalue weighted by atomic mass is 16.5. The molecule has 6 heteroatoms. The maximum atomic E-state index is 11.9. The molecule has 1 aromatic carbocycles. The lowest BCUT2D eigenvalue weighted by atomic mass is 10.1. The smallest absolute Gasteiger partial charge is 0.330 e. The fourth-order valence-electron chi connectivity index (χ4n) is 2.75. The summed E-state index contributed by atoms with van der Waals surface area (Å²) in [6, 6.07) is 9.94. The summed E-state index contributed by atoms with van der Waals surface area (Å²) in [7, 11) is 0. The number of nitrogens with one attached hydrogen (secondary N) is 1. The van der Waals surface area contributed by atoms with E-state index >= 15 is 0 Å². The summed E-state index contributed by atoms with van der Waals surface area (Å²) >= 11 is 0. The lowest BCUT2D eigenvalue weighted by molar-refractivity contribution is -0.0470. The maximum Gasteiger partial charge on any atom is 0.330 e. The van der Waals surface area contributed by atoms with Gasteiger partial charge in [-0.15, -0.1) is 0 Å². The summed E-state index contributed by atoms with van der Waals surface area (Å²) in [5, 5.41) is 0. The van der Waals surface area contributed by atoms with Gasteiger partial charge in [-0.25, -0.2) is 4.79 Å². The van der Waals surface area contributed by atoms with Crippen molar-refractivity contribution in [1.29, 1.82) is 0 Å². The average molecular weight is 316 g/mol. The second kappa shape index (κ2) is 6.93. The topological polar surface area (TPSA) is 73.3 Å². The van der Waals surface area contributed by atoms with Crippen molar-refractivity contribution in [2.75, 3.05) is 6.61 Å². The van der Waals surface area contributed by atoms with Crippen LogP contribution >= 0.6 is 0 Å². The molecule has 2 aromatic rings. The zero-order chi connectivity index (χ0) is 16.2. The minimum atomic E-state index is -0.415. The molecular weight excluding hydrogens is 296 g/mol. The molecule has 1 N–H and O–H groups in total. The third-order valence-corrected chi connectivity index (χ3v) is 4.12. The SMILES string of the molecule is Cc1c2n(c(=O)[nH]c1=O)COC(COCc1ccccc1)CC2. The highest BCUT2D eigenvalue weighted by molar-refractivity contribution is 5.16. The number of ether oxygens (including phenoxy) is 2. The normalized spacial score (nSPS) is 17.5. The summed E-state index contributed by atoms with van der Waals surface area (Å²) in [4.78, 5) is 25.9. The number of aromatic amines is 1. The number of aromatic nitrogens is 2. The predicted molar refractivity (Wildman–Crippen MR) is 85.4 cm³/mol. The summed E-state index contributed by atoms with van der Waals surface area (Å²) in [6.45, 7) is 2.87. The second-order valence-corrected chi connectivity index (χ2v) is 5.72. The molecule has 0 amide bonds. The Morgan fingerprint density at radius 2 is 2.09 bits per heavy atom. The first kappa shape index (κ1) is 15.7. The highest BCUT2D eigenvalue weighted by Crippen LogP contribution is 2.14. The Morgan fingerprint density at radius 1 is 1.30 bits per heavy atom. The molecule has 122 valence electrons. The van der Waals surface area contributed by atoms with Gasteiger partial charge in [-0.05, 0) is 25.3 Å². The van der Waals surface area contributed by atoms with Crippen LogP contribution in [0.3, 0.4) is 0 Å². The zero-order valence-electron chi connectivity index (χ0n) is 13.1. The Morgan fingerprint density at radius 3 is 2.87 bits per heavy atom. The van der Waals surface area contributed by atoms with Crippen LogP contribution in [-0.4, -0.2) is 22.3 Å². The molecule has 23 heavy (non-hydrogen) atoms. The Bertz CT molecular complexity index is 779. The Labute approximate surface area is 133 Å². The van der Waals surface area contributed by atoms with E-state index in [1.54, 1.807) is 6.92 Å². The van der Waals surface area contributed by atoms with Crippen LogP contribution in [0.5, 0.6) is 0 Å². The van der Waals surface area contributed by atoms with Gasteiger partial charge in [0.2, 0.25) is 0 Å². The van der Waals surface area contributed by atoms with E-state index in [1.807, 2.05) is 30.3 Å². The molecule has 1 aliphatic heterocycles. The number of hydrogen-bond donors (Lipinski definition) is 1. The van der Waals surface area contributed by atoms with Crippen LogP contribution in [0.1, 0.15) is 23.2 Å². The van der Waals surface area contributed by atoms with E-state index in [0.717, 1.165) is 17.7 Å². The van der Waals surface area contributed by atoms with Gasteiger partial charge in [0.05, 0.1) is 19.3 Å². The number of hydrogen-bond acceptors (Lipinski definition) is 4. The summed E-state index contributed by atoms with van der Waals surface area (Å²) < 4.78 is 13.0. The van der Waals surface area contributed by atoms with Gasteiger partial charge in [-0.3, -0.25) is 14.3 Å². The van der Waals surface area contributed by atoms with Crippen molar-refractivity contribution in [2.24, 2.45) is 0 Å². The summed E-state index contributed by atoms with van der Waals surface area (Å²) in [6.07, 6.45) is 1.26. The van der Waals surface area contributed by atoms with Gasteiger partial charge < -0.3 is 9.47 Å². The van der Waals surface area contributed by atoms with E-state index in [9.17, 15) is 9.59 Å². The molecule has 1 aromatic heterocycles. The molecule has 6 nitrogen and oxygen atoms in total. The fourth-order valence-corrected chi connectivity index (χ4v) is 2.75. The molecule has 0 spiro atoms. The van der Waals surface area contributed by atoms with Gasteiger partial charge in [0.1, 0.15) is 6.73 Å². The van der Waals surface area contributed by atoms with Crippen LogP contribution in [-0.2, 0) is 29.2 Å². The van der Waals surface area contributed by atoms with E-state index in [1.165, 1.54) is 4.57 Å². The molecule has 2 heterocycles. The first-order valence-electron chi connectivity index (χ1n) is 7.71. The van der Waals surface area contributed by atoms with Gasteiger partial charge in [-0.2, -0.15) is 0 Å². The quantitative estimate of drug-likeness (QED) is 0.924. The van der Waals surface area contributed by atoms with Crippen molar-refractivity contribution in [3.05, 3.63) is 68.0 Å². The van der Waals surface area contributed by atoms with Crippen LogP contribution in [0.4, 0.5) is 0 Å². The van der Waals surface area contributed by atoms with Crippen molar-refractivity contribution >= 4 is 0 Å². The molecule has 0 saturated heterocycles. The average Bonchev–Trinajstić information content (AvgIpc) is 2.77. The minimum absolute atomic E-state index is 0.0903. The van der Waals surface area contributed by atoms with Gasteiger partial charge >= 0.3 is 5.69 Å². The van der Waals surface area contributed by atoms with Crippen molar-refractivity contribution in [3.8, 4) is 0 Å². The largest absolute Gasteiger partial charge is 0.374 e. The standard InChI is InChI=1S/C17H20N2O4/c1-12-15-8-7-14(10-22-9-13-5-3-2-4-6-13)23-11-19(15)17(21)18-16(12)20/h2-6,14H,7-11H2,1H3,(H,18,20,21). The lowest BCUT2D eigenvalue weighted by Crippen LogP contribution is -2.34. The highest BCUT2D eigenvalue weighted by Gasteiger charge is 2.20. The van der Waals surface area contributed by atoms with Crippen LogP contribution in [0.25, 0.3) is 0 Å². The van der Waals surface area contributed by atoms with Gasteiger partial charge in [0.25, 0.3) is 5.56 Å². The second-order valence-electron chi connectivity index (χ2n) is 5.72. The van der Waals surface area contributed by atoms with Crippen molar-refractivity contribution in [3.63, 3.8) is 0 Å². The van der Waals surface area contributed by atoms with Crippen molar-refractivity contribution in [1.82, 2.24) is 9.55 Å². The molecule has 0 aliphatic carbocycles. The number of fused-ring (bicyclic) bond motifs is 1. The minimum Gasteiger partial charge on any atom is -0.374 e. The Kier molecular flexibility index (Phi) is 4.73. The molecule has 0 bridgehead atoms. The summed E-state index contributed by atoms with van der Waals surface area (Å²) in [5.41, 5.74) is 1.71. The van der Waals surface area contributed by atoms with E-state index in [2.05, 4.69) is 4.98 Å². The number of rotatable bonds is 4. The molecule has 1 aliphatic rings. The third-order valence-electron chi connectivity index (χ3n) is 4.12. The van der Waals surface area contributed by atoms with Crippen LogP contribution < -0.4 is 11.2 Å². The molecule has 0 radical (unpaired) electrons. The fraction of sp³-hybridized carbons (Fsp3) is 0.412. The maximum absolute atomic E-state index is 11.9. The van der Waals surface area contributed by atoms with Gasteiger partial charge in [0, 0.05) is 11.3 Å². The molecule has 1 atom stereocenters. The first-order chi connectivity index (χ1) is 11.1. The van der Waals surface area contributed by atoms with Gasteiger partial charge in [-0.1, -0.05) is 30.3 Å². The lowest BCUT2D eigenvalue weighted by Gasteiger charge is -2.15. The molecule has 3 rings (SSSR count). The van der Waals surface area contributed by atoms with Crippen LogP contribution in [0, 0.1) is 6.92 Å². The van der Waals surface area contributed by atoms with Crippen molar-refractivity contribution < 1.29 is 9.47 Å². The summed E-state index contributed by atoms with van der Waals surface area (Å²) in [5.74, 6) is 0. The van der Waals surface area contributed by atoms with E-state index in [-0.39, 0.29) is 18.4 Å². The van der Waals surface area contributed by atoms with Gasteiger partial charge in [0.15, 0.2) is 0 Å². The molecule has 1 unspecified atom stereocenters. The van der Waals surface area contributed by atoms with Crippen LogP contribution in [0.2, 0.25) is 0 Å². The number of H-pyrrole nitrogens is 1. The Balaban J connectivity index is 1.62. The Hall–Kier alpha value is -2.18. The molecular formula is C17H20N2O4. The molecule has 0 saturated carbocycles. The zero-order valence-corrected chi connectivity index (χ0v) is 13.1. The van der Waals surface area contributed by atoms with E-state index in [4.69, 9.17) is 9.47 Å².